The molecule has 2 aromatic heterocycles. The molecule has 19 nitrogen and oxygen atoms in total. The van der Waals surface area contributed by atoms with Crippen LogP contribution in [0, 0.1) is 0 Å². The number of H-pyrrole nitrogens is 1. The number of nitrogen functional groups attached to an aromatic ring is 2. The molecule has 0 aliphatic carbocycles. The molecule has 0 saturated carbocycles. The van der Waals surface area contributed by atoms with Gasteiger partial charge in [0.15, 0.2) is 0 Å². The van der Waals surface area contributed by atoms with E-state index in [0.717, 1.165) is 30.5 Å². The van der Waals surface area contributed by atoms with Gasteiger partial charge in [-0.2, -0.15) is 19.6 Å². The minimum atomic E-state index is -0.411. The van der Waals surface area contributed by atoms with Crippen molar-refractivity contribution in [3.8, 4) is 0 Å². The number of nitrogens with zero attached hydrogens (tertiary/aromatic N) is 7. The van der Waals surface area contributed by atoms with Crippen molar-refractivity contribution in [1.29, 1.82) is 0 Å². The number of hydrogen-bond donors (Lipinski definition) is 11. The number of amides is 2. The van der Waals surface area contributed by atoms with E-state index in [0.29, 0.717) is 6.54 Å². The summed E-state index contributed by atoms with van der Waals surface area (Å²) in [6, 6.07) is -0.411. The summed E-state index contributed by atoms with van der Waals surface area (Å²) in [7, 11) is 1.90. The van der Waals surface area contributed by atoms with E-state index in [2.05, 4.69) is 81.5 Å². The molecule has 0 aliphatic heterocycles. The van der Waals surface area contributed by atoms with Gasteiger partial charge in [-0.1, -0.05) is 47.0 Å². The molecule has 0 bridgehead atoms. The van der Waals surface area contributed by atoms with Crippen molar-refractivity contribution < 1.29 is 4.79 Å². The monoisotopic (exact) mass is 540 g/mol. The summed E-state index contributed by atoms with van der Waals surface area (Å²) in [6.07, 6.45) is 5.59. The predicted octanol–water partition coefficient (Wildman–Crippen LogP) is -0.574. The fourth-order valence-corrected chi connectivity index (χ4v) is 2.17. The van der Waals surface area contributed by atoms with Gasteiger partial charge in [-0.15, -0.1) is 15.3 Å². The fraction of sp³-hybridized carbons (Fsp3) is 0.632. The van der Waals surface area contributed by atoms with Crippen LogP contribution in [0.3, 0.4) is 0 Å². The second-order valence-corrected chi connectivity index (χ2v) is 7.08. The molecule has 2 rings (SSSR count). The first kappa shape index (κ1) is 33.6. The third-order valence-corrected chi connectivity index (χ3v) is 4.14. The number of carbonyl (C=O) groups is 1. The SMILES string of the molecule is CC.CCCC.CNCCCCCNC(=O)NNc1nc(/N=C(\N)N/N=C(\N)n2nc(NN)nc2N)n[nH]1. The second kappa shape index (κ2) is 20.8. The summed E-state index contributed by atoms with van der Waals surface area (Å²) in [4.78, 5) is 23.4. The largest absolute Gasteiger partial charge is 0.368 e. The molecule has 38 heavy (non-hydrogen) atoms. The van der Waals surface area contributed by atoms with Crippen molar-refractivity contribution in [2.24, 2.45) is 27.4 Å². The van der Waals surface area contributed by atoms with E-state index in [1.54, 1.807) is 0 Å². The maximum atomic E-state index is 11.7. The number of anilines is 3. The fourth-order valence-electron chi connectivity index (χ4n) is 2.17. The van der Waals surface area contributed by atoms with E-state index in [-0.39, 0.29) is 35.7 Å². The summed E-state index contributed by atoms with van der Waals surface area (Å²) in [5, 5.41) is 19.7. The third-order valence-electron chi connectivity index (χ3n) is 4.14. The Kier molecular flexibility index (Phi) is 18.4. The van der Waals surface area contributed by atoms with Crippen LogP contribution < -0.4 is 55.4 Å². The predicted molar refractivity (Wildman–Crippen MR) is 150 cm³/mol. The van der Waals surface area contributed by atoms with Crippen LogP contribution in [0.1, 0.15) is 59.8 Å². The molecule has 2 heterocycles. The number of carbonyl (C=O) groups excluding carboxylic acids is 1. The van der Waals surface area contributed by atoms with Crippen LogP contribution in [0.25, 0.3) is 0 Å². The van der Waals surface area contributed by atoms with Crippen molar-refractivity contribution in [1.82, 2.24) is 51.4 Å². The van der Waals surface area contributed by atoms with Crippen LogP contribution in [-0.2, 0) is 0 Å². The van der Waals surface area contributed by atoms with Gasteiger partial charge in [0.1, 0.15) is 0 Å². The van der Waals surface area contributed by atoms with Crippen molar-refractivity contribution in [2.45, 2.75) is 59.8 Å². The first-order valence-corrected chi connectivity index (χ1v) is 12.3. The number of urea groups is 1. The number of aliphatic imine (C=N–C) groups is 1. The Morgan fingerprint density at radius 1 is 1.08 bits per heavy atom. The maximum absolute atomic E-state index is 11.7. The zero-order chi connectivity index (χ0) is 28.8. The Morgan fingerprint density at radius 3 is 2.37 bits per heavy atom. The summed E-state index contributed by atoms with van der Waals surface area (Å²) in [5.74, 6) is 4.94. The molecule has 2 amide bonds. The van der Waals surface area contributed by atoms with Gasteiger partial charge in [0.2, 0.25) is 23.8 Å². The highest BCUT2D eigenvalue weighted by molar-refractivity contribution is 5.85. The van der Waals surface area contributed by atoms with E-state index in [9.17, 15) is 4.79 Å². The number of hydrazine groups is 2. The van der Waals surface area contributed by atoms with Gasteiger partial charge >= 0.3 is 6.03 Å². The number of guanidine groups is 1. The standard InChI is InChI=1S/C13H28N18O.C4H10.C2H6/c1-18-5-3-2-4-6-19-13(32)29-28-12-22-10(26-27-12)20-7(14)24-25-9(16)31-8(15)21-11(23-17)30-31;1-3-4-2;1-2/h18H,2-6,17H2,1H3,(H2,16,25)(H2,19,29,32)(H3,15,21,23,30)(H5,14,20,22,24,26,27,28);3-4H2,1-2H3;1-2H3. The highest BCUT2D eigenvalue weighted by Gasteiger charge is 2.09. The Labute approximate surface area is 222 Å². The van der Waals surface area contributed by atoms with E-state index < -0.39 is 6.03 Å². The van der Waals surface area contributed by atoms with Crippen LogP contribution in [0.15, 0.2) is 10.1 Å². The molecule has 2 aromatic rings. The van der Waals surface area contributed by atoms with Crippen molar-refractivity contribution in [2.75, 3.05) is 36.7 Å². The van der Waals surface area contributed by atoms with Gasteiger partial charge in [-0.05, 0) is 26.4 Å². The Bertz CT molecular complexity index is 949. The van der Waals surface area contributed by atoms with Gasteiger partial charge < -0.3 is 27.8 Å². The normalized spacial score (nSPS) is 10.9. The quantitative estimate of drug-likeness (QED) is 0.0529. The van der Waals surface area contributed by atoms with Crippen LogP contribution in [0.4, 0.5) is 28.6 Å². The van der Waals surface area contributed by atoms with Crippen molar-refractivity contribution in [3.63, 3.8) is 0 Å². The number of hydrazone groups is 1. The number of nitrogens with one attached hydrogen (secondary N) is 7. The Hall–Kier alpha value is -4.39. The molecule has 216 valence electrons. The second-order valence-electron chi connectivity index (χ2n) is 7.08. The zero-order valence-corrected chi connectivity index (χ0v) is 22.8. The molecular weight excluding hydrogens is 496 g/mol. The van der Waals surface area contributed by atoms with Crippen molar-refractivity contribution in [3.05, 3.63) is 0 Å². The number of rotatable bonds is 12. The molecule has 0 aliphatic rings. The molecule has 0 saturated heterocycles. The maximum Gasteiger partial charge on any atom is 0.333 e. The van der Waals surface area contributed by atoms with E-state index in [1.165, 1.54) is 12.8 Å². The third kappa shape index (κ3) is 14.2. The topological polar surface area (TPSA) is 290 Å². The van der Waals surface area contributed by atoms with Gasteiger partial charge in [0, 0.05) is 6.54 Å². The summed E-state index contributed by atoms with van der Waals surface area (Å²) in [5.41, 5.74) is 26.6. The van der Waals surface area contributed by atoms with Crippen LogP contribution in [0.2, 0.25) is 0 Å². The van der Waals surface area contributed by atoms with Gasteiger partial charge in [-0.25, -0.2) is 26.6 Å². The molecule has 0 radical (unpaired) electrons. The molecule has 0 spiro atoms. The molecule has 0 fully saturated rings. The van der Waals surface area contributed by atoms with Gasteiger partial charge in [0.05, 0.1) is 0 Å². The number of aromatic nitrogens is 6. The molecule has 15 N–H and O–H groups in total. The summed E-state index contributed by atoms with van der Waals surface area (Å²) in [6.45, 7) is 9.87. The van der Waals surface area contributed by atoms with Crippen LogP contribution in [0.5, 0.6) is 0 Å². The molecule has 0 unspecified atom stereocenters. The molecule has 0 atom stereocenters. The number of aromatic amines is 1. The van der Waals surface area contributed by atoms with Crippen LogP contribution in [-0.4, -0.2) is 68.0 Å². The average molecular weight is 541 g/mol. The van der Waals surface area contributed by atoms with Crippen LogP contribution >= 0.6 is 0 Å². The first-order chi connectivity index (χ1) is 18.3. The van der Waals surface area contributed by atoms with Crippen molar-refractivity contribution >= 4 is 41.7 Å². The lowest BCUT2D eigenvalue weighted by Crippen LogP contribution is -2.39. The lowest BCUT2D eigenvalue weighted by Gasteiger charge is -2.07. The Morgan fingerprint density at radius 2 is 1.76 bits per heavy atom. The average Bonchev–Trinajstić information content (AvgIpc) is 3.55. The minimum Gasteiger partial charge on any atom is -0.368 e. The van der Waals surface area contributed by atoms with E-state index in [4.69, 9.17) is 23.0 Å². The lowest BCUT2D eigenvalue weighted by atomic mass is 10.2. The minimum absolute atomic E-state index is 0.0344. The molecular formula is C19H44N18O. The van der Waals surface area contributed by atoms with E-state index >= 15 is 0 Å². The number of unbranched alkanes of at least 4 members (excludes halogenated alkanes) is 3. The summed E-state index contributed by atoms with van der Waals surface area (Å²) >= 11 is 0. The van der Waals surface area contributed by atoms with E-state index in [1.807, 2.05) is 20.9 Å². The highest BCUT2D eigenvalue weighted by Crippen LogP contribution is 2.05. The molecule has 0 aromatic carbocycles. The van der Waals surface area contributed by atoms with Gasteiger partial charge in [0.25, 0.3) is 11.9 Å². The first-order valence-electron chi connectivity index (χ1n) is 12.3. The summed E-state index contributed by atoms with van der Waals surface area (Å²) < 4.78 is 1.02. The van der Waals surface area contributed by atoms with Gasteiger partial charge in [-0.3, -0.25) is 10.9 Å². The number of nitrogens with two attached hydrogens (primary N) is 4. The number of hydrogen-bond acceptors (Lipinski definition) is 12. The highest BCUT2D eigenvalue weighted by atomic mass is 16.2. The smallest absolute Gasteiger partial charge is 0.333 e. The lowest BCUT2D eigenvalue weighted by molar-refractivity contribution is 0.242. The zero-order valence-electron chi connectivity index (χ0n) is 22.8. The Balaban J connectivity index is 0.00000208. The molecule has 19 heteroatoms.